The molecular formula is C26H31N3O4. The SMILES string of the molecule is CC1(C)CC(=O)c2c(O)ccc3c2N1C(=O)C31CC23CN4CCCC4(CC2C1(C)C)C(=O)N3. The minimum atomic E-state index is -0.851. The highest BCUT2D eigenvalue weighted by Crippen LogP contribution is 2.71. The zero-order valence-corrected chi connectivity index (χ0v) is 19.7. The predicted molar refractivity (Wildman–Crippen MR) is 121 cm³/mol. The second-order valence-electron chi connectivity index (χ2n) is 12.6. The first-order valence-electron chi connectivity index (χ1n) is 12.2. The summed E-state index contributed by atoms with van der Waals surface area (Å²) in [6, 6.07) is 3.45. The third-order valence-corrected chi connectivity index (χ3v) is 10.5. The molecule has 6 heterocycles. The smallest absolute Gasteiger partial charge is 0.241 e. The van der Waals surface area contributed by atoms with Gasteiger partial charge in [0.25, 0.3) is 0 Å². The van der Waals surface area contributed by atoms with Gasteiger partial charge < -0.3 is 15.3 Å². The lowest BCUT2D eigenvalue weighted by atomic mass is 9.57. The van der Waals surface area contributed by atoms with Crippen molar-refractivity contribution in [3.63, 3.8) is 0 Å². The molecule has 1 aromatic rings. The zero-order chi connectivity index (χ0) is 23.3. The zero-order valence-electron chi connectivity index (χ0n) is 19.7. The summed E-state index contributed by atoms with van der Waals surface area (Å²) in [6.07, 6.45) is 3.42. The summed E-state index contributed by atoms with van der Waals surface area (Å²) in [7, 11) is 0. The van der Waals surface area contributed by atoms with Gasteiger partial charge in [-0.25, -0.2) is 0 Å². The number of anilines is 1. The van der Waals surface area contributed by atoms with Crippen LogP contribution in [0, 0.1) is 11.3 Å². The van der Waals surface area contributed by atoms with Gasteiger partial charge in [-0.05, 0) is 69.0 Å². The maximum atomic E-state index is 14.6. The number of piperidine rings is 2. The van der Waals surface area contributed by atoms with Crippen molar-refractivity contribution in [1.82, 2.24) is 10.2 Å². The van der Waals surface area contributed by atoms with E-state index in [1.807, 2.05) is 24.8 Å². The number of benzene rings is 1. The minimum Gasteiger partial charge on any atom is -0.507 e. The molecule has 2 N–H and O–H groups in total. The normalized spacial score (nSPS) is 41.4. The number of piperazine rings is 1. The van der Waals surface area contributed by atoms with E-state index in [9.17, 15) is 19.5 Å². The van der Waals surface area contributed by atoms with Gasteiger partial charge in [-0.2, -0.15) is 0 Å². The maximum absolute atomic E-state index is 14.6. The summed E-state index contributed by atoms with van der Waals surface area (Å²) in [6.45, 7) is 9.98. The lowest BCUT2D eigenvalue weighted by Gasteiger charge is -2.60. The third-order valence-electron chi connectivity index (χ3n) is 10.5. The number of phenolic OH excluding ortho intramolecular Hbond substituents is 1. The van der Waals surface area contributed by atoms with Crippen molar-refractivity contribution in [1.29, 1.82) is 0 Å². The molecule has 2 bridgehead atoms. The monoisotopic (exact) mass is 449 g/mol. The van der Waals surface area contributed by atoms with Crippen LogP contribution in [0.3, 0.4) is 0 Å². The molecule has 1 aromatic carbocycles. The van der Waals surface area contributed by atoms with Gasteiger partial charge >= 0.3 is 0 Å². The molecule has 3 spiro atoms. The van der Waals surface area contributed by atoms with Crippen LogP contribution in [-0.2, 0) is 15.0 Å². The molecule has 2 amide bonds. The Morgan fingerprint density at radius 3 is 2.64 bits per heavy atom. The third kappa shape index (κ3) is 1.84. The van der Waals surface area contributed by atoms with Crippen molar-refractivity contribution in [2.75, 3.05) is 18.0 Å². The summed E-state index contributed by atoms with van der Waals surface area (Å²) in [5.74, 6) is 0.139. The van der Waals surface area contributed by atoms with Gasteiger partial charge in [-0.1, -0.05) is 19.9 Å². The number of aromatic hydroxyl groups is 1. The fourth-order valence-corrected chi connectivity index (χ4v) is 9.14. The van der Waals surface area contributed by atoms with E-state index in [0.717, 1.165) is 37.9 Å². The van der Waals surface area contributed by atoms with Crippen molar-refractivity contribution >= 4 is 23.3 Å². The summed E-state index contributed by atoms with van der Waals surface area (Å²) in [4.78, 5) is 45.3. The van der Waals surface area contributed by atoms with Crippen LogP contribution in [0.1, 0.15) is 75.7 Å². The Bertz CT molecular complexity index is 1200. The van der Waals surface area contributed by atoms with Crippen LogP contribution in [0.4, 0.5) is 5.69 Å². The molecule has 4 atom stereocenters. The molecule has 0 radical (unpaired) electrons. The van der Waals surface area contributed by atoms with Crippen molar-refractivity contribution in [2.24, 2.45) is 11.3 Å². The van der Waals surface area contributed by atoms with E-state index in [4.69, 9.17) is 0 Å². The minimum absolute atomic E-state index is 0.0194. The van der Waals surface area contributed by atoms with E-state index < -0.39 is 27.4 Å². The van der Waals surface area contributed by atoms with E-state index in [1.165, 1.54) is 0 Å². The van der Waals surface area contributed by atoms with E-state index in [0.29, 0.717) is 12.1 Å². The van der Waals surface area contributed by atoms with Crippen LogP contribution < -0.4 is 10.2 Å². The van der Waals surface area contributed by atoms with Crippen molar-refractivity contribution < 1.29 is 19.5 Å². The summed E-state index contributed by atoms with van der Waals surface area (Å²) >= 11 is 0. The van der Waals surface area contributed by atoms with Crippen molar-refractivity contribution in [2.45, 2.75) is 81.8 Å². The molecule has 0 aromatic heterocycles. The van der Waals surface area contributed by atoms with Crippen LogP contribution in [0.25, 0.3) is 0 Å². The molecule has 1 saturated carbocycles. The molecule has 6 aliphatic heterocycles. The number of fused-ring (bicyclic) bond motifs is 2. The van der Waals surface area contributed by atoms with Crippen LogP contribution in [0.15, 0.2) is 12.1 Å². The fraction of sp³-hybridized carbons (Fsp3) is 0.654. The quantitative estimate of drug-likeness (QED) is 0.635. The highest BCUT2D eigenvalue weighted by atomic mass is 16.3. The number of ketones is 1. The van der Waals surface area contributed by atoms with Gasteiger partial charge in [0.05, 0.1) is 22.2 Å². The topological polar surface area (TPSA) is 90.0 Å². The Kier molecular flexibility index (Phi) is 3.21. The number of hydrogen-bond donors (Lipinski definition) is 2. The highest BCUT2D eigenvalue weighted by Gasteiger charge is 2.79. The number of nitrogens with zero attached hydrogens (tertiary/aromatic N) is 2. The Morgan fingerprint density at radius 1 is 1.12 bits per heavy atom. The van der Waals surface area contributed by atoms with E-state index in [2.05, 4.69) is 24.1 Å². The summed E-state index contributed by atoms with van der Waals surface area (Å²) in [5.41, 5.74) is -1.12. The Hall–Kier alpha value is -2.41. The Balaban J connectivity index is 1.49. The van der Waals surface area contributed by atoms with Crippen LogP contribution in [0.2, 0.25) is 0 Å². The first kappa shape index (κ1) is 20.0. The van der Waals surface area contributed by atoms with E-state index in [1.54, 1.807) is 6.07 Å². The number of nitrogens with one attached hydrogen (secondary N) is 1. The number of carbonyl (C=O) groups is 3. The number of rotatable bonds is 0. The molecule has 7 aliphatic rings. The molecule has 4 unspecified atom stereocenters. The highest BCUT2D eigenvalue weighted by molar-refractivity contribution is 6.19. The second kappa shape index (κ2) is 5.29. The lowest BCUT2D eigenvalue weighted by molar-refractivity contribution is -0.156. The van der Waals surface area contributed by atoms with Gasteiger partial charge in [-0.15, -0.1) is 0 Å². The average molecular weight is 450 g/mol. The molecular weight excluding hydrogens is 418 g/mol. The molecule has 4 saturated heterocycles. The van der Waals surface area contributed by atoms with Crippen LogP contribution in [-0.4, -0.2) is 57.3 Å². The number of Topliss-reactive ketones (excluding diaryl/α,β-unsaturated/α-hetero) is 1. The molecule has 5 fully saturated rings. The van der Waals surface area contributed by atoms with Gasteiger partial charge in [-0.3, -0.25) is 19.3 Å². The predicted octanol–water partition coefficient (Wildman–Crippen LogP) is 2.49. The summed E-state index contributed by atoms with van der Waals surface area (Å²) in [5, 5.41) is 14.1. The lowest BCUT2D eigenvalue weighted by Crippen LogP contribution is -2.78. The van der Waals surface area contributed by atoms with E-state index >= 15 is 0 Å². The maximum Gasteiger partial charge on any atom is 0.241 e. The van der Waals surface area contributed by atoms with Crippen LogP contribution in [0.5, 0.6) is 5.75 Å². The number of amides is 2. The molecule has 8 rings (SSSR count). The number of carbonyl (C=O) groups excluding carboxylic acids is 3. The first-order chi connectivity index (χ1) is 15.4. The van der Waals surface area contributed by atoms with Gasteiger partial charge in [0, 0.05) is 18.5 Å². The molecule has 7 heteroatoms. The Morgan fingerprint density at radius 2 is 1.88 bits per heavy atom. The fourth-order valence-electron chi connectivity index (χ4n) is 9.14. The van der Waals surface area contributed by atoms with Crippen molar-refractivity contribution in [3.8, 4) is 5.75 Å². The van der Waals surface area contributed by atoms with Gasteiger partial charge in [0.1, 0.15) is 11.3 Å². The molecule has 174 valence electrons. The molecule has 1 aliphatic carbocycles. The Labute approximate surface area is 193 Å². The first-order valence-corrected chi connectivity index (χ1v) is 12.2. The van der Waals surface area contributed by atoms with Crippen LogP contribution >= 0.6 is 0 Å². The van der Waals surface area contributed by atoms with E-state index in [-0.39, 0.29) is 41.2 Å². The van der Waals surface area contributed by atoms with Crippen molar-refractivity contribution in [3.05, 3.63) is 23.3 Å². The van der Waals surface area contributed by atoms with Gasteiger partial charge in [0.2, 0.25) is 11.8 Å². The molecule has 33 heavy (non-hydrogen) atoms. The second-order valence-corrected chi connectivity index (χ2v) is 12.6. The average Bonchev–Trinajstić information content (AvgIpc) is 3.30. The summed E-state index contributed by atoms with van der Waals surface area (Å²) < 4.78 is 0. The molecule has 7 nitrogen and oxygen atoms in total. The number of hydrogen-bond acceptors (Lipinski definition) is 5. The number of phenols is 1. The largest absolute Gasteiger partial charge is 0.507 e. The standard InChI is InChI=1S/C26H31N3O4/c1-22(2)10-16(31)18-15(30)7-6-14-19(18)29(22)21(33)26(14)12-24-13-28-9-5-8-25(28,20(32)27-24)11-17(24)23(26,3)4/h6-7,17,30H,5,8-13H2,1-4H3,(H,27,32). The van der Waals surface area contributed by atoms with Gasteiger partial charge in [0.15, 0.2) is 5.78 Å².